The SMILES string of the molecule is COCCOCO[C@@H](CC(=O)OC)[C@H](C)CO[Si](c1ccccc1)(c1ccccc1)C(C)(C)C. The second-order valence-electron chi connectivity index (χ2n) is 9.46. The number of benzene rings is 2. The van der Waals surface area contributed by atoms with Gasteiger partial charge in [-0.3, -0.25) is 4.79 Å². The smallest absolute Gasteiger partial charge is 0.308 e. The maximum absolute atomic E-state index is 12.1. The number of carbonyl (C=O) groups is 1. The third kappa shape index (κ3) is 7.48. The van der Waals surface area contributed by atoms with Crippen molar-refractivity contribution in [3.8, 4) is 0 Å². The molecule has 0 radical (unpaired) electrons. The Morgan fingerprint density at radius 3 is 1.94 bits per heavy atom. The lowest BCUT2D eigenvalue weighted by Gasteiger charge is -2.44. The summed E-state index contributed by atoms with van der Waals surface area (Å²) in [6, 6.07) is 21.0. The highest BCUT2D eigenvalue weighted by Gasteiger charge is 2.50. The molecular formula is C27H40O6Si. The molecule has 6 nitrogen and oxygen atoms in total. The predicted octanol–water partition coefficient (Wildman–Crippen LogP) is 3.77. The molecule has 0 amide bonds. The normalized spacial score (nSPS) is 13.9. The van der Waals surface area contributed by atoms with E-state index in [0.717, 1.165) is 0 Å². The number of rotatable bonds is 14. The summed E-state index contributed by atoms with van der Waals surface area (Å²) in [4.78, 5) is 12.1. The van der Waals surface area contributed by atoms with Gasteiger partial charge in [0.25, 0.3) is 8.32 Å². The van der Waals surface area contributed by atoms with Crippen molar-refractivity contribution < 1.29 is 28.2 Å². The zero-order chi connectivity index (χ0) is 25.0. The van der Waals surface area contributed by atoms with Crippen LogP contribution in [-0.4, -0.2) is 61.2 Å². The van der Waals surface area contributed by atoms with E-state index in [1.807, 2.05) is 19.1 Å². The molecule has 0 aliphatic rings. The zero-order valence-electron chi connectivity index (χ0n) is 21.4. The van der Waals surface area contributed by atoms with Crippen molar-refractivity contribution in [3.63, 3.8) is 0 Å². The molecule has 7 heteroatoms. The Morgan fingerprint density at radius 2 is 1.47 bits per heavy atom. The van der Waals surface area contributed by atoms with E-state index < -0.39 is 14.4 Å². The third-order valence-electron chi connectivity index (χ3n) is 6.01. The largest absolute Gasteiger partial charge is 0.469 e. The van der Waals surface area contributed by atoms with Crippen molar-refractivity contribution in [2.45, 2.75) is 45.3 Å². The Bertz CT molecular complexity index is 798. The highest BCUT2D eigenvalue weighted by Crippen LogP contribution is 2.37. The van der Waals surface area contributed by atoms with E-state index in [2.05, 4.69) is 69.3 Å². The van der Waals surface area contributed by atoms with Crippen LogP contribution in [0.15, 0.2) is 60.7 Å². The lowest BCUT2D eigenvalue weighted by atomic mass is 10.0. The summed E-state index contributed by atoms with van der Waals surface area (Å²) in [5, 5.41) is 2.31. The quantitative estimate of drug-likeness (QED) is 0.175. The first-order valence-corrected chi connectivity index (χ1v) is 13.7. The van der Waals surface area contributed by atoms with Crippen molar-refractivity contribution in [1.29, 1.82) is 0 Å². The summed E-state index contributed by atoms with van der Waals surface area (Å²) >= 11 is 0. The summed E-state index contributed by atoms with van der Waals surface area (Å²) in [5.74, 6) is -0.383. The van der Waals surface area contributed by atoms with Gasteiger partial charge in [0.15, 0.2) is 0 Å². The van der Waals surface area contributed by atoms with Gasteiger partial charge in [0, 0.05) is 19.6 Å². The molecule has 0 aliphatic carbocycles. The fourth-order valence-corrected chi connectivity index (χ4v) is 8.80. The summed E-state index contributed by atoms with van der Waals surface area (Å²) in [6.45, 7) is 10.2. The molecule has 0 aliphatic heterocycles. The van der Waals surface area contributed by atoms with Crippen molar-refractivity contribution in [2.24, 2.45) is 5.92 Å². The second-order valence-corrected chi connectivity index (χ2v) is 13.8. The van der Waals surface area contributed by atoms with Gasteiger partial charge < -0.3 is 23.4 Å². The Kier molecular flexibility index (Phi) is 11.4. The standard InChI is InChI=1S/C27H40O6Si/c1-22(25(19-26(28)30-6)32-21-31-18-17-29-5)20-33-34(27(2,3)4,23-13-9-7-10-14-23)24-15-11-8-12-16-24/h7-16,22,25H,17-21H2,1-6H3/t22-,25+/m1/s1. The summed E-state index contributed by atoms with van der Waals surface area (Å²) in [6.07, 6.45) is -0.261. The van der Waals surface area contributed by atoms with E-state index >= 15 is 0 Å². The molecule has 2 aromatic rings. The first-order chi connectivity index (χ1) is 16.3. The van der Waals surface area contributed by atoms with Crippen LogP contribution in [0.2, 0.25) is 5.04 Å². The van der Waals surface area contributed by atoms with E-state index in [4.69, 9.17) is 23.4 Å². The molecule has 0 unspecified atom stereocenters. The van der Waals surface area contributed by atoms with Crippen LogP contribution in [0.3, 0.4) is 0 Å². The van der Waals surface area contributed by atoms with Crippen LogP contribution in [0.25, 0.3) is 0 Å². The third-order valence-corrected chi connectivity index (χ3v) is 11.0. The van der Waals surface area contributed by atoms with Crippen molar-refractivity contribution in [1.82, 2.24) is 0 Å². The molecule has 0 N–H and O–H groups in total. The van der Waals surface area contributed by atoms with E-state index in [0.29, 0.717) is 19.8 Å². The van der Waals surface area contributed by atoms with Gasteiger partial charge in [0.1, 0.15) is 6.79 Å². The Balaban J connectivity index is 2.30. The fraction of sp³-hybridized carbons (Fsp3) is 0.519. The van der Waals surface area contributed by atoms with Crippen molar-refractivity contribution in [3.05, 3.63) is 60.7 Å². The van der Waals surface area contributed by atoms with Gasteiger partial charge in [-0.15, -0.1) is 0 Å². The summed E-state index contributed by atoms with van der Waals surface area (Å²) in [5.41, 5.74) is 0. The van der Waals surface area contributed by atoms with E-state index in [9.17, 15) is 4.79 Å². The fourth-order valence-electron chi connectivity index (χ4n) is 4.13. The van der Waals surface area contributed by atoms with E-state index in [1.54, 1.807) is 7.11 Å². The molecule has 2 aromatic carbocycles. The first kappa shape index (κ1) is 28.2. The van der Waals surface area contributed by atoms with Crippen LogP contribution in [0.5, 0.6) is 0 Å². The topological polar surface area (TPSA) is 63.2 Å². The van der Waals surface area contributed by atoms with Crippen LogP contribution in [0.4, 0.5) is 0 Å². The highest BCUT2D eigenvalue weighted by molar-refractivity contribution is 6.99. The molecule has 0 aromatic heterocycles. The van der Waals surface area contributed by atoms with E-state index in [1.165, 1.54) is 17.5 Å². The Hall–Kier alpha value is -2.03. The molecule has 2 rings (SSSR count). The highest BCUT2D eigenvalue weighted by atomic mass is 28.4. The number of carbonyl (C=O) groups excluding carboxylic acids is 1. The molecule has 188 valence electrons. The lowest BCUT2D eigenvalue weighted by Crippen LogP contribution is -2.67. The number of hydrogen-bond acceptors (Lipinski definition) is 6. The minimum Gasteiger partial charge on any atom is -0.469 e. The maximum atomic E-state index is 12.1. The molecule has 0 fully saturated rings. The molecule has 0 saturated heterocycles. The molecule has 0 heterocycles. The van der Waals surface area contributed by atoms with Crippen LogP contribution in [0.1, 0.15) is 34.1 Å². The van der Waals surface area contributed by atoms with Gasteiger partial charge in [-0.25, -0.2) is 0 Å². The van der Waals surface area contributed by atoms with Gasteiger partial charge in [0.05, 0.1) is 32.8 Å². The van der Waals surface area contributed by atoms with E-state index in [-0.39, 0.29) is 30.1 Å². The number of hydrogen-bond donors (Lipinski definition) is 0. The minimum atomic E-state index is -2.67. The van der Waals surface area contributed by atoms with Crippen LogP contribution < -0.4 is 10.4 Å². The van der Waals surface area contributed by atoms with Crippen LogP contribution in [0, 0.1) is 5.92 Å². The van der Waals surface area contributed by atoms with Gasteiger partial charge in [-0.05, 0) is 15.4 Å². The molecule has 0 spiro atoms. The van der Waals surface area contributed by atoms with Crippen molar-refractivity contribution in [2.75, 3.05) is 40.8 Å². The van der Waals surface area contributed by atoms with Gasteiger partial charge in [0.2, 0.25) is 0 Å². The maximum Gasteiger partial charge on any atom is 0.308 e. The molecular weight excluding hydrogens is 448 g/mol. The van der Waals surface area contributed by atoms with Gasteiger partial charge in [-0.1, -0.05) is 88.4 Å². The average Bonchev–Trinajstić information content (AvgIpc) is 2.83. The van der Waals surface area contributed by atoms with Crippen LogP contribution >= 0.6 is 0 Å². The monoisotopic (exact) mass is 488 g/mol. The predicted molar refractivity (Wildman–Crippen MR) is 137 cm³/mol. The Morgan fingerprint density at radius 1 is 0.912 bits per heavy atom. The summed E-state index contributed by atoms with van der Waals surface area (Å²) < 4.78 is 28.3. The zero-order valence-corrected chi connectivity index (χ0v) is 22.4. The van der Waals surface area contributed by atoms with Gasteiger partial charge in [-0.2, -0.15) is 0 Å². The average molecular weight is 489 g/mol. The number of esters is 1. The Labute approximate surface area is 205 Å². The molecule has 0 bridgehead atoms. The van der Waals surface area contributed by atoms with Crippen LogP contribution in [-0.2, 0) is 28.2 Å². The second kappa shape index (κ2) is 13.8. The number of methoxy groups -OCH3 is 2. The molecule has 2 atom stereocenters. The summed E-state index contributed by atoms with van der Waals surface area (Å²) in [7, 11) is 0.332. The lowest BCUT2D eigenvalue weighted by molar-refractivity contribution is -0.152. The van der Waals surface area contributed by atoms with Gasteiger partial charge >= 0.3 is 5.97 Å². The first-order valence-electron chi connectivity index (χ1n) is 11.8. The molecule has 0 saturated carbocycles. The minimum absolute atomic E-state index is 0.0632. The number of ether oxygens (including phenoxy) is 4. The van der Waals surface area contributed by atoms with Crippen molar-refractivity contribution >= 4 is 24.7 Å². The molecule has 34 heavy (non-hydrogen) atoms.